The molecule has 0 radical (unpaired) electrons. The SMILES string of the molecule is C=C(OC(=O)c1ccccc1)OP(=O)(OCC)OCC. The number of carbonyl (C=O) groups is 1. The van der Waals surface area contributed by atoms with Gasteiger partial charge in [-0.15, -0.1) is 0 Å². The molecule has 0 spiro atoms. The first-order valence-electron chi connectivity index (χ1n) is 6.05. The highest BCUT2D eigenvalue weighted by Crippen LogP contribution is 2.51. The lowest BCUT2D eigenvalue weighted by atomic mass is 10.2. The van der Waals surface area contributed by atoms with Crippen LogP contribution in [0.2, 0.25) is 0 Å². The molecule has 1 aromatic carbocycles. The van der Waals surface area contributed by atoms with Crippen LogP contribution in [0.4, 0.5) is 0 Å². The van der Waals surface area contributed by atoms with Crippen molar-refractivity contribution < 1.29 is 27.7 Å². The summed E-state index contributed by atoms with van der Waals surface area (Å²) in [5.74, 6) is -1.11. The number of benzene rings is 1. The molecule has 110 valence electrons. The minimum Gasteiger partial charge on any atom is -0.389 e. The fourth-order valence-corrected chi connectivity index (χ4v) is 2.39. The Labute approximate surface area is 117 Å². The fraction of sp³-hybridized carbons (Fsp3) is 0.308. The van der Waals surface area contributed by atoms with Crippen molar-refractivity contribution in [3.05, 3.63) is 48.4 Å². The molecule has 0 amide bonds. The second-order valence-electron chi connectivity index (χ2n) is 3.50. The largest absolute Gasteiger partial charge is 0.532 e. The predicted molar refractivity (Wildman–Crippen MR) is 72.9 cm³/mol. The molecule has 6 nitrogen and oxygen atoms in total. The van der Waals surface area contributed by atoms with Crippen molar-refractivity contribution in [2.75, 3.05) is 13.2 Å². The summed E-state index contributed by atoms with van der Waals surface area (Å²) in [6.45, 7) is 6.88. The molecule has 0 atom stereocenters. The van der Waals surface area contributed by atoms with Crippen LogP contribution in [0.15, 0.2) is 42.9 Å². The van der Waals surface area contributed by atoms with Crippen LogP contribution in [-0.2, 0) is 22.9 Å². The normalized spacial score (nSPS) is 10.9. The van der Waals surface area contributed by atoms with Gasteiger partial charge in [-0.25, -0.2) is 9.36 Å². The number of carbonyl (C=O) groups excluding carboxylic acids is 1. The molecule has 0 bridgehead atoms. The molecule has 1 rings (SSSR count). The average molecular weight is 300 g/mol. The van der Waals surface area contributed by atoms with E-state index in [9.17, 15) is 9.36 Å². The lowest BCUT2D eigenvalue weighted by Gasteiger charge is -2.17. The minimum atomic E-state index is -3.80. The summed E-state index contributed by atoms with van der Waals surface area (Å²) in [4.78, 5) is 11.7. The van der Waals surface area contributed by atoms with Crippen molar-refractivity contribution in [3.63, 3.8) is 0 Å². The number of rotatable bonds is 8. The van der Waals surface area contributed by atoms with Crippen molar-refractivity contribution in [2.45, 2.75) is 13.8 Å². The van der Waals surface area contributed by atoms with Crippen molar-refractivity contribution in [2.24, 2.45) is 0 Å². The summed E-state index contributed by atoms with van der Waals surface area (Å²) in [7, 11) is -3.80. The van der Waals surface area contributed by atoms with E-state index < -0.39 is 19.7 Å². The summed E-state index contributed by atoms with van der Waals surface area (Å²) < 4.78 is 31.5. The highest BCUT2D eigenvalue weighted by Gasteiger charge is 2.29. The molecule has 0 unspecified atom stereocenters. The first kappa shape index (κ1) is 16.4. The Kier molecular flexibility index (Phi) is 6.45. The van der Waals surface area contributed by atoms with Crippen LogP contribution in [0, 0.1) is 0 Å². The van der Waals surface area contributed by atoms with Crippen LogP contribution >= 0.6 is 7.82 Å². The summed E-state index contributed by atoms with van der Waals surface area (Å²) >= 11 is 0. The molecule has 0 aliphatic rings. The van der Waals surface area contributed by atoms with E-state index in [1.165, 1.54) is 0 Å². The van der Waals surface area contributed by atoms with E-state index in [0.29, 0.717) is 5.56 Å². The van der Waals surface area contributed by atoms with Gasteiger partial charge in [-0.3, -0.25) is 9.05 Å². The Bertz CT molecular complexity index is 489. The molecule has 1 aromatic rings. The number of hydrogen-bond acceptors (Lipinski definition) is 6. The molecule has 20 heavy (non-hydrogen) atoms. The molecule has 0 fully saturated rings. The second-order valence-corrected chi connectivity index (χ2v) is 5.10. The van der Waals surface area contributed by atoms with Gasteiger partial charge < -0.3 is 9.26 Å². The van der Waals surface area contributed by atoms with Crippen molar-refractivity contribution in [1.29, 1.82) is 0 Å². The summed E-state index contributed by atoms with van der Waals surface area (Å²) in [5, 5.41) is 0. The monoisotopic (exact) mass is 300 g/mol. The molecule has 0 heterocycles. The molecule has 0 aromatic heterocycles. The van der Waals surface area contributed by atoms with Crippen LogP contribution in [0.3, 0.4) is 0 Å². The molecule has 0 saturated heterocycles. The first-order chi connectivity index (χ1) is 9.50. The Hall–Kier alpha value is -1.62. The highest BCUT2D eigenvalue weighted by molar-refractivity contribution is 7.48. The molecular formula is C13H17O6P. The van der Waals surface area contributed by atoms with Crippen LogP contribution in [-0.4, -0.2) is 19.2 Å². The van der Waals surface area contributed by atoms with Gasteiger partial charge in [0.05, 0.1) is 18.8 Å². The van der Waals surface area contributed by atoms with Crippen LogP contribution in [0.1, 0.15) is 24.2 Å². The second kappa shape index (κ2) is 7.85. The quantitative estimate of drug-likeness (QED) is 0.415. The molecule has 0 N–H and O–H groups in total. The Morgan fingerprint density at radius 3 is 2.20 bits per heavy atom. The topological polar surface area (TPSA) is 71.1 Å². The van der Waals surface area contributed by atoms with Crippen molar-refractivity contribution >= 4 is 13.8 Å². The Morgan fingerprint density at radius 2 is 1.70 bits per heavy atom. The maximum atomic E-state index is 12.0. The molecule has 7 heteroatoms. The van der Waals surface area contributed by atoms with Crippen LogP contribution in [0.25, 0.3) is 0 Å². The van der Waals surface area contributed by atoms with E-state index in [0.717, 1.165) is 0 Å². The molecule has 0 saturated carbocycles. The number of esters is 1. The predicted octanol–water partition coefficient (Wildman–Crippen LogP) is 3.51. The zero-order chi connectivity index (χ0) is 15.0. The van der Waals surface area contributed by atoms with E-state index >= 15 is 0 Å². The number of phosphoric ester groups is 1. The van der Waals surface area contributed by atoms with Crippen molar-refractivity contribution in [1.82, 2.24) is 0 Å². The third-order valence-corrected chi connectivity index (χ3v) is 3.58. The molecular weight excluding hydrogens is 283 g/mol. The first-order valence-corrected chi connectivity index (χ1v) is 7.51. The zero-order valence-corrected chi connectivity index (χ0v) is 12.3. The zero-order valence-electron chi connectivity index (χ0n) is 11.4. The van der Waals surface area contributed by atoms with Crippen molar-refractivity contribution in [3.8, 4) is 0 Å². The van der Waals surface area contributed by atoms with Gasteiger partial charge in [0.1, 0.15) is 0 Å². The molecule has 0 aliphatic heterocycles. The van der Waals surface area contributed by atoms with E-state index in [2.05, 4.69) is 6.58 Å². The number of ether oxygens (including phenoxy) is 1. The highest BCUT2D eigenvalue weighted by atomic mass is 31.2. The summed E-state index contributed by atoms with van der Waals surface area (Å²) in [6, 6.07) is 8.28. The van der Waals surface area contributed by atoms with Gasteiger partial charge in [0.25, 0.3) is 5.95 Å². The Balaban J connectivity index is 2.62. The third kappa shape index (κ3) is 5.17. The van der Waals surface area contributed by atoms with E-state index in [4.69, 9.17) is 18.3 Å². The average Bonchev–Trinajstić information content (AvgIpc) is 2.39. The molecule has 0 aliphatic carbocycles. The summed E-state index contributed by atoms with van der Waals surface area (Å²) in [5.41, 5.74) is 0.319. The van der Waals surface area contributed by atoms with E-state index in [1.807, 2.05) is 0 Å². The van der Waals surface area contributed by atoms with Gasteiger partial charge in [-0.1, -0.05) is 18.2 Å². The van der Waals surface area contributed by atoms with Gasteiger partial charge in [-0.2, -0.15) is 0 Å². The number of phosphoric acid groups is 1. The third-order valence-electron chi connectivity index (χ3n) is 2.00. The fourth-order valence-electron chi connectivity index (χ4n) is 1.29. The van der Waals surface area contributed by atoms with Gasteiger partial charge in [0.2, 0.25) is 0 Å². The van der Waals surface area contributed by atoms with Gasteiger partial charge in [0.15, 0.2) is 0 Å². The van der Waals surface area contributed by atoms with Gasteiger partial charge in [0, 0.05) is 0 Å². The maximum Gasteiger partial charge on any atom is 0.532 e. The smallest absolute Gasteiger partial charge is 0.389 e. The van der Waals surface area contributed by atoms with Crippen LogP contribution < -0.4 is 0 Å². The minimum absolute atomic E-state index is 0.122. The lowest BCUT2D eigenvalue weighted by Crippen LogP contribution is -2.07. The van der Waals surface area contributed by atoms with Gasteiger partial charge >= 0.3 is 13.8 Å². The summed E-state index contributed by atoms with van der Waals surface area (Å²) in [6.07, 6.45) is 0. The van der Waals surface area contributed by atoms with Crippen LogP contribution in [0.5, 0.6) is 0 Å². The lowest BCUT2D eigenvalue weighted by molar-refractivity contribution is 0.0395. The van der Waals surface area contributed by atoms with Gasteiger partial charge in [-0.05, 0) is 32.6 Å². The van der Waals surface area contributed by atoms with E-state index in [1.54, 1.807) is 44.2 Å². The standard InChI is InChI=1S/C13H17O6P/c1-4-16-20(15,17-5-2)19-11(3)18-13(14)12-9-7-6-8-10-12/h6-10H,3-5H2,1-2H3. The Morgan fingerprint density at radius 1 is 1.15 bits per heavy atom. The number of hydrogen-bond donors (Lipinski definition) is 0. The maximum absolute atomic E-state index is 12.0. The van der Waals surface area contributed by atoms with E-state index in [-0.39, 0.29) is 13.2 Å².